The van der Waals surface area contributed by atoms with Gasteiger partial charge in [-0.05, 0) is 12.8 Å². The van der Waals surface area contributed by atoms with Gasteiger partial charge in [-0.1, -0.05) is 181 Å². The first-order chi connectivity index (χ1) is 23.3. The molecule has 0 aromatic carbocycles. The van der Waals surface area contributed by atoms with E-state index in [2.05, 4.69) is 19.2 Å². The average molecular weight is 707 g/mol. The summed E-state index contributed by atoms with van der Waals surface area (Å²) in [4.78, 5) is 22.7. The Labute approximate surface area is 295 Å². The van der Waals surface area contributed by atoms with Crippen molar-refractivity contribution in [2.24, 2.45) is 5.73 Å². The Kier molecular flexibility index (Phi) is 34.5. The average Bonchev–Trinajstić information content (AvgIpc) is 3.06. The van der Waals surface area contributed by atoms with Crippen LogP contribution in [0.5, 0.6) is 0 Å². The van der Waals surface area contributed by atoms with Crippen LogP contribution in [0.25, 0.3) is 0 Å². The van der Waals surface area contributed by atoms with E-state index in [1.807, 2.05) is 0 Å². The number of aliphatic hydroxyl groups is 2. The fourth-order valence-electron chi connectivity index (χ4n) is 6.18. The smallest absolute Gasteiger partial charge is 0.393 e. The molecule has 0 bridgehead atoms. The number of carbonyl (C=O) groups excluding carboxylic acids is 1. The van der Waals surface area contributed by atoms with Gasteiger partial charge in [-0.3, -0.25) is 13.8 Å². The van der Waals surface area contributed by atoms with Crippen molar-refractivity contribution in [1.82, 2.24) is 5.32 Å². The molecule has 0 heterocycles. The summed E-state index contributed by atoms with van der Waals surface area (Å²) in [6, 6.07) is -0.889. The first kappa shape index (κ1) is 47.5. The fourth-order valence-corrected chi connectivity index (χ4v) is 6.94. The van der Waals surface area contributed by atoms with E-state index < -0.39 is 32.0 Å². The molecule has 0 aromatic heterocycles. The molecule has 0 saturated heterocycles. The van der Waals surface area contributed by atoms with Crippen molar-refractivity contribution in [2.45, 2.75) is 218 Å². The molecule has 10 heteroatoms. The van der Waals surface area contributed by atoms with Crippen LogP contribution in [0.3, 0.4) is 0 Å². The molecule has 1 amide bonds. The van der Waals surface area contributed by atoms with Gasteiger partial charge in [0, 0.05) is 6.54 Å². The number of rotatable bonds is 38. The standard InChI is InChI=1S/C38H79N2O7P/c1-3-5-7-9-11-13-15-16-17-18-20-22-24-26-28-30-37(42)36(34-47-48(44,45)46-32-31-39)40-38(43)33-35(41)29-27-25-23-21-19-14-12-10-8-6-4-2/h35-37,41-42H,3-34,39H2,1-2H3,(H,40,43)(H,44,45). The van der Waals surface area contributed by atoms with Gasteiger partial charge < -0.3 is 26.2 Å². The molecule has 0 aliphatic heterocycles. The number of phosphoric ester groups is 1. The maximum absolute atomic E-state index is 12.8. The lowest BCUT2D eigenvalue weighted by atomic mass is 10.0. The third kappa shape index (κ3) is 32.7. The zero-order valence-electron chi connectivity index (χ0n) is 31.4. The van der Waals surface area contributed by atoms with Crippen LogP contribution in [0.1, 0.15) is 200 Å². The van der Waals surface area contributed by atoms with Crippen LogP contribution < -0.4 is 11.1 Å². The lowest BCUT2D eigenvalue weighted by molar-refractivity contribution is -0.125. The SMILES string of the molecule is CCCCCCCCCCCCCCCCCC(O)C(COP(=O)(O)OCCN)NC(=O)CC(O)CCCCCCCCCCCCC. The summed E-state index contributed by atoms with van der Waals surface area (Å²) < 4.78 is 22.1. The van der Waals surface area contributed by atoms with Gasteiger partial charge >= 0.3 is 7.82 Å². The minimum Gasteiger partial charge on any atom is -0.393 e. The van der Waals surface area contributed by atoms with Crippen molar-refractivity contribution in [3.63, 3.8) is 0 Å². The maximum Gasteiger partial charge on any atom is 0.472 e. The van der Waals surface area contributed by atoms with Crippen LogP contribution in [-0.4, -0.2) is 59.0 Å². The summed E-state index contributed by atoms with van der Waals surface area (Å²) in [5.74, 6) is -0.412. The number of aliphatic hydroxyl groups excluding tert-OH is 2. The van der Waals surface area contributed by atoms with Crippen molar-refractivity contribution >= 4 is 13.7 Å². The molecule has 0 aromatic rings. The first-order valence-corrected chi connectivity index (χ1v) is 21.7. The van der Waals surface area contributed by atoms with Gasteiger partial charge in [-0.25, -0.2) is 4.57 Å². The Morgan fingerprint density at radius 3 is 1.40 bits per heavy atom. The molecule has 4 unspecified atom stereocenters. The first-order valence-electron chi connectivity index (χ1n) is 20.2. The Balaban J connectivity index is 4.31. The quantitative estimate of drug-likeness (QED) is 0.0315. The summed E-state index contributed by atoms with van der Waals surface area (Å²) in [7, 11) is -4.36. The zero-order valence-corrected chi connectivity index (χ0v) is 32.3. The Morgan fingerprint density at radius 2 is 1.00 bits per heavy atom. The third-order valence-electron chi connectivity index (χ3n) is 9.27. The van der Waals surface area contributed by atoms with Crippen molar-refractivity contribution in [1.29, 1.82) is 0 Å². The second kappa shape index (κ2) is 34.9. The highest BCUT2D eigenvalue weighted by Crippen LogP contribution is 2.43. The number of nitrogens with two attached hydrogens (primary N) is 1. The zero-order chi connectivity index (χ0) is 35.6. The Morgan fingerprint density at radius 1 is 0.625 bits per heavy atom. The van der Waals surface area contributed by atoms with Crippen LogP contribution in [0.2, 0.25) is 0 Å². The molecule has 288 valence electrons. The predicted molar refractivity (Wildman–Crippen MR) is 200 cm³/mol. The van der Waals surface area contributed by atoms with Gasteiger partial charge in [-0.2, -0.15) is 0 Å². The maximum atomic E-state index is 12.8. The number of carbonyl (C=O) groups is 1. The minimum atomic E-state index is -4.36. The number of phosphoric acid groups is 1. The monoisotopic (exact) mass is 707 g/mol. The van der Waals surface area contributed by atoms with Crippen LogP contribution in [-0.2, 0) is 18.4 Å². The predicted octanol–water partition coefficient (Wildman–Crippen LogP) is 9.64. The lowest BCUT2D eigenvalue weighted by Gasteiger charge is -2.25. The summed E-state index contributed by atoms with van der Waals surface area (Å²) >= 11 is 0. The second-order valence-electron chi connectivity index (χ2n) is 14.0. The van der Waals surface area contributed by atoms with E-state index in [-0.39, 0.29) is 26.2 Å². The molecule has 0 spiro atoms. The van der Waals surface area contributed by atoms with Gasteiger partial charge in [0.2, 0.25) is 5.91 Å². The van der Waals surface area contributed by atoms with Gasteiger partial charge in [0.1, 0.15) is 0 Å². The van der Waals surface area contributed by atoms with Crippen LogP contribution in [0.15, 0.2) is 0 Å². The van der Waals surface area contributed by atoms with E-state index in [1.54, 1.807) is 0 Å². The van der Waals surface area contributed by atoms with E-state index in [4.69, 9.17) is 14.8 Å². The molecule has 0 rings (SSSR count). The van der Waals surface area contributed by atoms with Crippen molar-refractivity contribution in [3.8, 4) is 0 Å². The summed E-state index contributed by atoms with van der Waals surface area (Å²) in [5.41, 5.74) is 5.36. The van der Waals surface area contributed by atoms with Gasteiger partial charge in [0.15, 0.2) is 0 Å². The molecule has 0 radical (unpaired) electrons. The van der Waals surface area contributed by atoms with E-state index in [1.165, 1.54) is 128 Å². The van der Waals surface area contributed by atoms with Crippen molar-refractivity contribution in [3.05, 3.63) is 0 Å². The summed E-state index contributed by atoms with van der Waals surface area (Å²) in [5, 5.41) is 24.1. The van der Waals surface area contributed by atoms with Gasteiger partial charge in [0.25, 0.3) is 0 Å². The molecule has 0 aliphatic carbocycles. The van der Waals surface area contributed by atoms with E-state index >= 15 is 0 Å². The molecule has 9 nitrogen and oxygen atoms in total. The number of hydrogen-bond donors (Lipinski definition) is 5. The molecular weight excluding hydrogens is 627 g/mol. The fraction of sp³-hybridized carbons (Fsp3) is 0.974. The molecule has 0 aliphatic rings. The molecule has 48 heavy (non-hydrogen) atoms. The van der Waals surface area contributed by atoms with E-state index in [9.17, 15) is 24.5 Å². The molecule has 0 fully saturated rings. The molecule has 6 N–H and O–H groups in total. The summed E-state index contributed by atoms with van der Waals surface area (Å²) in [6.07, 6.45) is 31.4. The minimum absolute atomic E-state index is 0.0624. The largest absolute Gasteiger partial charge is 0.472 e. The van der Waals surface area contributed by atoms with Crippen molar-refractivity contribution < 1.29 is 33.5 Å². The number of amides is 1. The topological polar surface area (TPSA) is 151 Å². The molecule has 0 saturated carbocycles. The second-order valence-corrected chi connectivity index (χ2v) is 15.5. The number of nitrogens with one attached hydrogen (secondary N) is 1. The summed E-state index contributed by atoms with van der Waals surface area (Å²) in [6.45, 7) is 4.04. The number of hydrogen-bond acceptors (Lipinski definition) is 7. The third-order valence-corrected chi connectivity index (χ3v) is 10.2. The highest BCUT2D eigenvalue weighted by molar-refractivity contribution is 7.47. The van der Waals surface area contributed by atoms with Crippen LogP contribution >= 0.6 is 7.82 Å². The van der Waals surface area contributed by atoms with Crippen LogP contribution in [0.4, 0.5) is 0 Å². The van der Waals surface area contributed by atoms with Crippen LogP contribution in [0, 0.1) is 0 Å². The molecule has 4 atom stereocenters. The van der Waals surface area contributed by atoms with E-state index in [0.29, 0.717) is 12.8 Å². The lowest BCUT2D eigenvalue weighted by Crippen LogP contribution is -2.47. The van der Waals surface area contributed by atoms with Gasteiger partial charge in [0.05, 0.1) is 37.9 Å². The Hall–Kier alpha value is -0.540. The van der Waals surface area contributed by atoms with Crippen molar-refractivity contribution in [2.75, 3.05) is 19.8 Å². The highest BCUT2D eigenvalue weighted by Gasteiger charge is 2.28. The normalized spacial score (nSPS) is 14.9. The number of unbranched alkanes of at least 4 members (excludes halogenated alkanes) is 24. The molecular formula is C38H79N2O7P. The highest BCUT2D eigenvalue weighted by atomic mass is 31.2. The Bertz CT molecular complexity index is 746. The van der Waals surface area contributed by atoms with Gasteiger partial charge in [-0.15, -0.1) is 0 Å². The van der Waals surface area contributed by atoms with E-state index in [0.717, 1.165) is 38.5 Å².